The van der Waals surface area contributed by atoms with Gasteiger partial charge in [-0.05, 0) is 47.5 Å². The molecule has 4 aromatic heterocycles. The SMILES string of the molecule is c1ccc(-c2nc(-c3ccccc3)nc(-c3cccc4oc5cc(-c6cccc(-c7nc(-c8ccccc8)nc8c7oc7ccccc78)c6)ccc5c34)n2)cc1. The molecule has 0 aliphatic rings. The van der Waals surface area contributed by atoms with Gasteiger partial charge in [0, 0.05) is 44.0 Å². The van der Waals surface area contributed by atoms with E-state index in [1.807, 2.05) is 127 Å². The van der Waals surface area contributed by atoms with Gasteiger partial charge in [-0.1, -0.05) is 140 Å². The topological polar surface area (TPSA) is 90.7 Å². The van der Waals surface area contributed by atoms with E-state index < -0.39 is 0 Å². The summed E-state index contributed by atoms with van der Waals surface area (Å²) in [5, 5.41) is 2.89. The third kappa shape index (κ3) is 5.41. The predicted molar refractivity (Wildman–Crippen MR) is 223 cm³/mol. The molecule has 0 unspecified atom stereocenters. The molecule has 0 atom stereocenters. The zero-order valence-corrected chi connectivity index (χ0v) is 29.8. The highest BCUT2D eigenvalue weighted by molar-refractivity contribution is 6.12. The molecular formula is C49H29N5O2. The summed E-state index contributed by atoms with van der Waals surface area (Å²) in [6.45, 7) is 0. The Morgan fingerprint density at radius 3 is 1.59 bits per heavy atom. The second-order valence-corrected chi connectivity index (χ2v) is 13.6. The van der Waals surface area contributed by atoms with Gasteiger partial charge < -0.3 is 8.83 Å². The largest absolute Gasteiger partial charge is 0.456 e. The Hall–Kier alpha value is -7.77. The Kier molecular flexibility index (Phi) is 7.35. The third-order valence-corrected chi connectivity index (χ3v) is 10.2. The maximum atomic E-state index is 6.57. The molecule has 0 radical (unpaired) electrons. The first-order valence-electron chi connectivity index (χ1n) is 18.4. The summed E-state index contributed by atoms with van der Waals surface area (Å²) >= 11 is 0. The minimum absolute atomic E-state index is 0.583. The Labute approximate surface area is 320 Å². The minimum Gasteiger partial charge on any atom is -0.456 e. The van der Waals surface area contributed by atoms with E-state index in [4.69, 9.17) is 33.8 Å². The number of hydrogen-bond acceptors (Lipinski definition) is 7. The maximum absolute atomic E-state index is 6.57. The summed E-state index contributed by atoms with van der Waals surface area (Å²) in [6, 6.07) is 58.9. The number of aromatic nitrogens is 5. The molecule has 11 aromatic rings. The highest BCUT2D eigenvalue weighted by atomic mass is 16.3. The summed E-state index contributed by atoms with van der Waals surface area (Å²) in [5.41, 5.74) is 11.1. The quantitative estimate of drug-likeness (QED) is 0.169. The molecule has 4 heterocycles. The van der Waals surface area contributed by atoms with E-state index in [1.165, 1.54) is 0 Å². The molecule has 0 fully saturated rings. The van der Waals surface area contributed by atoms with Crippen molar-refractivity contribution in [3.8, 4) is 67.9 Å². The molecule has 0 aliphatic carbocycles. The summed E-state index contributed by atoms with van der Waals surface area (Å²) in [5.74, 6) is 2.45. The summed E-state index contributed by atoms with van der Waals surface area (Å²) in [7, 11) is 0. The van der Waals surface area contributed by atoms with Crippen LogP contribution in [-0.2, 0) is 0 Å². The lowest BCUT2D eigenvalue weighted by Crippen LogP contribution is -2.00. The van der Waals surface area contributed by atoms with Crippen molar-refractivity contribution in [2.75, 3.05) is 0 Å². The Bertz CT molecular complexity index is 3190. The van der Waals surface area contributed by atoms with Gasteiger partial charge in [0.1, 0.15) is 28.0 Å². The second kappa shape index (κ2) is 13.0. The normalized spacial score (nSPS) is 11.6. The lowest BCUT2D eigenvalue weighted by molar-refractivity contribution is 0.667. The standard InChI is InChI=1S/C49H29N5O2/c1-4-14-30(15-5-1)46-50-43(45-44(51-46)37-22-10-11-24-39(37)56-45)35-21-12-20-33(28-35)34-26-27-36-41(29-34)55-40-25-13-23-38(42(36)40)49-53-47(31-16-6-2-7-17-31)52-48(54-49)32-18-8-3-9-19-32/h1-29H. The van der Waals surface area contributed by atoms with Crippen molar-refractivity contribution in [2.45, 2.75) is 0 Å². The van der Waals surface area contributed by atoms with E-state index in [-0.39, 0.29) is 0 Å². The lowest BCUT2D eigenvalue weighted by atomic mass is 9.99. The maximum Gasteiger partial charge on any atom is 0.180 e. The average molecular weight is 720 g/mol. The first-order chi connectivity index (χ1) is 27.7. The second-order valence-electron chi connectivity index (χ2n) is 13.6. The van der Waals surface area contributed by atoms with Crippen LogP contribution in [0, 0.1) is 0 Å². The van der Waals surface area contributed by atoms with Crippen molar-refractivity contribution in [1.29, 1.82) is 0 Å². The summed E-state index contributed by atoms with van der Waals surface area (Å²) in [6.07, 6.45) is 0. The van der Waals surface area contributed by atoms with Gasteiger partial charge >= 0.3 is 0 Å². The molecule has 0 aliphatic heterocycles. The van der Waals surface area contributed by atoms with Crippen molar-refractivity contribution in [1.82, 2.24) is 24.9 Å². The van der Waals surface area contributed by atoms with E-state index in [9.17, 15) is 0 Å². The number of hydrogen-bond donors (Lipinski definition) is 0. The van der Waals surface area contributed by atoms with E-state index in [1.54, 1.807) is 0 Å². The molecule has 0 saturated heterocycles. The van der Waals surface area contributed by atoms with Crippen molar-refractivity contribution in [3.05, 3.63) is 176 Å². The van der Waals surface area contributed by atoms with Crippen LogP contribution in [0.5, 0.6) is 0 Å². The molecule has 0 spiro atoms. The van der Waals surface area contributed by atoms with Gasteiger partial charge in [-0.3, -0.25) is 0 Å². The molecule has 7 nitrogen and oxygen atoms in total. The number of benzene rings is 7. The number of nitrogens with zero attached hydrogens (tertiary/aromatic N) is 5. The highest BCUT2D eigenvalue weighted by Crippen LogP contribution is 2.40. The molecule has 7 heteroatoms. The molecule has 0 bridgehead atoms. The van der Waals surface area contributed by atoms with Crippen LogP contribution in [0.1, 0.15) is 0 Å². The molecule has 0 saturated carbocycles. The van der Waals surface area contributed by atoms with Crippen molar-refractivity contribution >= 4 is 44.0 Å². The Morgan fingerprint density at radius 1 is 0.321 bits per heavy atom. The fourth-order valence-electron chi connectivity index (χ4n) is 7.47. The number of para-hydroxylation sites is 1. The van der Waals surface area contributed by atoms with Crippen LogP contribution >= 0.6 is 0 Å². The number of rotatable bonds is 6. The average Bonchev–Trinajstić information content (AvgIpc) is 3.85. The van der Waals surface area contributed by atoms with E-state index in [0.717, 1.165) is 83.1 Å². The van der Waals surface area contributed by atoms with Gasteiger partial charge in [0.15, 0.2) is 28.9 Å². The summed E-state index contributed by atoms with van der Waals surface area (Å²) < 4.78 is 13.0. The molecule has 0 N–H and O–H groups in total. The van der Waals surface area contributed by atoms with Crippen molar-refractivity contribution in [3.63, 3.8) is 0 Å². The number of fused-ring (bicyclic) bond motifs is 6. The van der Waals surface area contributed by atoms with Crippen LogP contribution in [0.25, 0.3) is 112 Å². The third-order valence-electron chi connectivity index (χ3n) is 10.2. The molecular weight excluding hydrogens is 691 g/mol. The lowest BCUT2D eigenvalue weighted by Gasteiger charge is -2.09. The van der Waals surface area contributed by atoms with E-state index in [0.29, 0.717) is 28.9 Å². The zero-order chi connectivity index (χ0) is 37.0. The molecule has 56 heavy (non-hydrogen) atoms. The fraction of sp³-hybridized carbons (Fsp3) is 0. The summed E-state index contributed by atoms with van der Waals surface area (Å²) in [4.78, 5) is 25.0. The molecule has 11 rings (SSSR count). The van der Waals surface area contributed by atoms with Gasteiger partial charge in [-0.15, -0.1) is 0 Å². The van der Waals surface area contributed by atoms with Gasteiger partial charge in [-0.2, -0.15) is 0 Å². The highest BCUT2D eigenvalue weighted by Gasteiger charge is 2.20. The van der Waals surface area contributed by atoms with Gasteiger partial charge in [0.25, 0.3) is 0 Å². The van der Waals surface area contributed by atoms with Gasteiger partial charge in [0.05, 0.1) is 0 Å². The van der Waals surface area contributed by atoms with Crippen molar-refractivity contribution < 1.29 is 8.83 Å². The van der Waals surface area contributed by atoms with Crippen molar-refractivity contribution in [2.24, 2.45) is 0 Å². The smallest absolute Gasteiger partial charge is 0.180 e. The molecule has 262 valence electrons. The Balaban J connectivity index is 1.04. The van der Waals surface area contributed by atoms with Gasteiger partial charge in [-0.25, -0.2) is 24.9 Å². The van der Waals surface area contributed by atoms with E-state index >= 15 is 0 Å². The minimum atomic E-state index is 0.583. The molecule has 0 amide bonds. The van der Waals surface area contributed by atoms with Crippen LogP contribution in [-0.4, -0.2) is 24.9 Å². The predicted octanol–water partition coefficient (Wildman–Crippen LogP) is 12.5. The number of furan rings is 2. The monoisotopic (exact) mass is 719 g/mol. The van der Waals surface area contributed by atoms with Crippen LogP contribution < -0.4 is 0 Å². The first-order valence-corrected chi connectivity index (χ1v) is 18.4. The van der Waals surface area contributed by atoms with Gasteiger partial charge in [0.2, 0.25) is 0 Å². The zero-order valence-electron chi connectivity index (χ0n) is 29.8. The molecule has 7 aromatic carbocycles. The van der Waals surface area contributed by atoms with Crippen LogP contribution in [0.4, 0.5) is 0 Å². The Morgan fingerprint density at radius 2 is 0.875 bits per heavy atom. The van der Waals surface area contributed by atoms with Crippen LogP contribution in [0.3, 0.4) is 0 Å². The van der Waals surface area contributed by atoms with Crippen LogP contribution in [0.2, 0.25) is 0 Å². The van der Waals surface area contributed by atoms with E-state index in [2.05, 4.69) is 48.5 Å². The van der Waals surface area contributed by atoms with Crippen LogP contribution in [0.15, 0.2) is 185 Å². The fourth-order valence-corrected chi connectivity index (χ4v) is 7.47. The first kappa shape index (κ1) is 31.7.